The van der Waals surface area contributed by atoms with Crippen molar-refractivity contribution in [1.82, 2.24) is 4.72 Å². The summed E-state index contributed by atoms with van der Waals surface area (Å²) < 4.78 is 33.6. The van der Waals surface area contributed by atoms with Crippen LogP contribution in [-0.2, 0) is 21.2 Å². The Balaban J connectivity index is 1.86. The summed E-state index contributed by atoms with van der Waals surface area (Å²) in [5, 5.41) is 2.79. The predicted octanol–water partition coefficient (Wildman–Crippen LogP) is 2.98. The first-order chi connectivity index (χ1) is 15.7. The summed E-state index contributed by atoms with van der Waals surface area (Å²) in [6, 6.07) is 17.8. The number of anilines is 1. The van der Waals surface area contributed by atoms with Gasteiger partial charge >= 0.3 is 0 Å². The number of benzene rings is 3. The predicted molar refractivity (Wildman–Crippen MR) is 126 cm³/mol. The fraction of sp³-hybridized carbons (Fsp3) is 0.130. The minimum atomic E-state index is -4.09. The zero-order chi connectivity index (χ0) is 24.0. The average molecular weight is 488 g/mol. The Morgan fingerprint density at radius 3 is 2.27 bits per heavy atom. The molecule has 0 aliphatic rings. The van der Waals surface area contributed by atoms with Crippen molar-refractivity contribution in [1.29, 1.82) is 0 Å². The SMILES string of the molecule is COc1ccc(S(=O)(=O)N[C@@H](Cc2ccccc2)C(=O)Nc2ccc(C(N)=O)cc2)cc1Cl. The van der Waals surface area contributed by atoms with Gasteiger partial charge < -0.3 is 15.8 Å². The first-order valence-corrected chi connectivity index (χ1v) is 11.7. The summed E-state index contributed by atoms with van der Waals surface area (Å²) in [5.41, 5.74) is 6.66. The van der Waals surface area contributed by atoms with Crippen LogP contribution in [0.3, 0.4) is 0 Å². The van der Waals surface area contributed by atoms with E-state index in [1.165, 1.54) is 49.6 Å². The maximum absolute atomic E-state index is 13.0. The van der Waals surface area contributed by atoms with Crippen LogP contribution < -0.4 is 20.5 Å². The fourth-order valence-electron chi connectivity index (χ4n) is 3.05. The molecule has 0 aromatic heterocycles. The van der Waals surface area contributed by atoms with Gasteiger partial charge in [-0.05, 0) is 54.4 Å². The Kier molecular flexibility index (Phi) is 7.70. The molecule has 0 radical (unpaired) electrons. The van der Waals surface area contributed by atoms with E-state index in [9.17, 15) is 18.0 Å². The van der Waals surface area contributed by atoms with E-state index in [0.29, 0.717) is 11.4 Å². The van der Waals surface area contributed by atoms with Gasteiger partial charge in [0.05, 0.1) is 17.0 Å². The number of sulfonamides is 1. The van der Waals surface area contributed by atoms with Crippen LogP contribution in [0, 0.1) is 0 Å². The van der Waals surface area contributed by atoms with Crippen molar-refractivity contribution >= 4 is 39.1 Å². The lowest BCUT2D eigenvalue weighted by Gasteiger charge is -2.19. The molecule has 1 atom stereocenters. The first-order valence-electron chi connectivity index (χ1n) is 9.80. The molecule has 2 amide bonds. The molecule has 4 N–H and O–H groups in total. The highest BCUT2D eigenvalue weighted by Crippen LogP contribution is 2.27. The van der Waals surface area contributed by atoms with E-state index in [1.807, 2.05) is 6.07 Å². The number of rotatable bonds is 9. The van der Waals surface area contributed by atoms with Crippen LogP contribution >= 0.6 is 11.6 Å². The Labute approximate surface area is 196 Å². The Bertz CT molecular complexity index is 1250. The molecule has 8 nitrogen and oxygen atoms in total. The van der Waals surface area contributed by atoms with E-state index in [4.69, 9.17) is 22.1 Å². The fourth-order valence-corrected chi connectivity index (χ4v) is 4.60. The minimum Gasteiger partial charge on any atom is -0.495 e. The summed E-state index contributed by atoms with van der Waals surface area (Å²) in [6.45, 7) is 0. The second kappa shape index (κ2) is 10.5. The summed E-state index contributed by atoms with van der Waals surface area (Å²) in [7, 11) is -2.67. The molecule has 0 fully saturated rings. The first kappa shape index (κ1) is 24.2. The maximum Gasteiger partial charge on any atom is 0.248 e. The molecule has 3 aromatic carbocycles. The van der Waals surface area contributed by atoms with Crippen molar-refractivity contribution in [3.63, 3.8) is 0 Å². The lowest BCUT2D eigenvalue weighted by molar-refractivity contribution is -0.117. The molecule has 172 valence electrons. The van der Waals surface area contributed by atoms with Crippen LogP contribution in [0.5, 0.6) is 5.75 Å². The molecule has 3 rings (SSSR count). The molecular weight excluding hydrogens is 466 g/mol. The molecule has 0 bridgehead atoms. The molecule has 0 saturated carbocycles. The van der Waals surface area contributed by atoms with E-state index >= 15 is 0 Å². The molecule has 33 heavy (non-hydrogen) atoms. The summed E-state index contributed by atoms with van der Waals surface area (Å²) in [6.07, 6.45) is 0.106. The lowest BCUT2D eigenvalue weighted by atomic mass is 10.1. The molecule has 0 aliphatic heterocycles. The van der Waals surface area contributed by atoms with Crippen molar-refractivity contribution in [2.45, 2.75) is 17.4 Å². The van der Waals surface area contributed by atoms with Gasteiger partial charge in [0.2, 0.25) is 21.8 Å². The second-order valence-corrected chi connectivity index (χ2v) is 9.21. The summed E-state index contributed by atoms with van der Waals surface area (Å²) >= 11 is 6.08. The van der Waals surface area contributed by atoms with Gasteiger partial charge in [-0.1, -0.05) is 41.9 Å². The van der Waals surface area contributed by atoms with Gasteiger partial charge in [0, 0.05) is 11.3 Å². The van der Waals surface area contributed by atoms with Crippen molar-refractivity contribution in [2.75, 3.05) is 12.4 Å². The monoisotopic (exact) mass is 487 g/mol. The zero-order valence-electron chi connectivity index (χ0n) is 17.6. The number of nitrogens with two attached hydrogens (primary N) is 1. The van der Waals surface area contributed by atoms with E-state index in [2.05, 4.69) is 10.0 Å². The van der Waals surface area contributed by atoms with E-state index < -0.39 is 27.9 Å². The molecule has 0 heterocycles. The molecule has 0 spiro atoms. The number of halogens is 1. The number of methoxy groups -OCH3 is 1. The third-order valence-electron chi connectivity index (χ3n) is 4.77. The second-order valence-electron chi connectivity index (χ2n) is 7.09. The van der Waals surface area contributed by atoms with Gasteiger partial charge in [0.15, 0.2) is 0 Å². The van der Waals surface area contributed by atoms with Gasteiger partial charge in [-0.3, -0.25) is 9.59 Å². The molecular formula is C23H22ClN3O5S. The van der Waals surface area contributed by atoms with Crippen LogP contribution in [0.15, 0.2) is 77.7 Å². The number of carbonyl (C=O) groups excluding carboxylic acids is 2. The van der Waals surface area contributed by atoms with Gasteiger partial charge in [-0.15, -0.1) is 0 Å². The number of amides is 2. The Morgan fingerprint density at radius 2 is 1.70 bits per heavy atom. The molecule has 3 aromatic rings. The van der Waals surface area contributed by atoms with Gasteiger partial charge in [0.1, 0.15) is 11.8 Å². The third kappa shape index (κ3) is 6.32. The smallest absolute Gasteiger partial charge is 0.248 e. The van der Waals surface area contributed by atoms with E-state index in [-0.39, 0.29) is 21.9 Å². The van der Waals surface area contributed by atoms with Crippen molar-refractivity contribution < 1.29 is 22.7 Å². The Hall–Kier alpha value is -3.40. The zero-order valence-corrected chi connectivity index (χ0v) is 19.2. The number of nitrogens with one attached hydrogen (secondary N) is 2. The maximum atomic E-state index is 13.0. The van der Waals surface area contributed by atoms with Crippen LogP contribution in [0.2, 0.25) is 5.02 Å². The molecule has 0 aliphatic carbocycles. The quantitative estimate of drug-likeness (QED) is 0.427. The van der Waals surface area contributed by atoms with Crippen LogP contribution in [0.4, 0.5) is 5.69 Å². The van der Waals surface area contributed by atoms with Crippen molar-refractivity contribution in [2.24, 2.45) is 5.73 Å². The van der Waals surface area contributed by atoms with Crippen molar-refractivity contribution in [3.8, 4) is 5.75 Å². The largest absolute Gasteiger partial charge is 0.495 e. The van der Waals surface area contributed by atoms with Gasteiger partial charge in [0.25, 0.3) is 0 Å². The van der Waals surface area contributed by atoms with Gasteiger partial charge in [-0.25, -0.2) is 8.42 Å². The summed E-state index contributed by atoms with van der Waals surface area (Å²) in [5.74, 6) is -0.844. The Morgan fingerprint density at radius 1 is 1.03 bits per heavy atom. The topological polar surface area (TPSA) is 128 Å². The minimum absolute atomic E-state index is 0.106. The number of ether oxygens (including phenoxy) is 1. The third-order valence-corrected chi connectivity index (χ3v) is 6.53. The van der Waals surface area contributed by atoms with Crippen molar-refractivity contribution in [3.05, 3.63) is 88.9 Å². The van der Waals surface area contributed by atoms with Crippen LogP contribution in [0.1, 0.15) is 15.9 Å². The highest BCUT2D eigenvalue weighted by molar-refractivity contribution is 7.89. The van der Waals surface area contributed by atoms with Crippen LogP contribution in [0.25, 0.3) is 0 Å². The number of hydrogen-bond acceptors (Lipinski definition) is 5. The molecule has 0 saturated heterocycles. The number of hydrogen-bond donors (Lipinski definition) is 3. The highest BCUT2D eigenvalue weighted by Gasteiger charge is 2.27. The number of primary amides is 1. The molecule has 0 unspecified atom stereocenters. The summed E-state index contributed by atoms with van der Waals surface area (Å²) in [4.78, 5) is 24.2. The standard InChI is InChI=1S/C23H22ClN3O5S/c1-32-21-12-11-18(14-19(21)24)33(30,31)27-20(13-15-5-3-2-4-6-15)23(29)26-17-9-7-16(8-10-17)22(25)28/h2-12,14,20,27H,13H2,1H3,(H2,25,28)(H,26,29)/t20-/m0/s1. The normalized spacial score (nSPS) is 12.1. The highest BCUT2D eigenvalue weighted by atomic mass is 35.5. The van der Waals surface area contributed by atoms with E-state index in [1.54, 1.807) is 24.3 Å². The number of carbonyl (C=O) groups is 2. The van der Waals surface area contributed by atoms with Crippen LogP contribution in [-0.4, -0.2) is 33.4 Å². The molecule has 10 heteroatoms. The lowest BCUT2D eigenvalue weighted by Crippen LogP contribution is -2.45. The average Bonchev–Trinajstić information content (AvgIpc) is 2.79. The van der Waals surface area contributed by atoms with Gasteiger partial charge in [-0.2, -0.15) is 4.72 Å². The van der Waals surface area contributed by atoms with E-state index in [0.717, 1.165) is 5.56 Å².